The molecule has 2 aromatic carbocycles. The molecule has 4 nitrogen and oxygen atoms in total. The number of nitrogen functional groups attached to an aromatic ring is 1. The van der Waals surface area contributed by atoms with Crippen molar-refractivity contribution < 1.29 is 4.74 Å². The first-order valence-electron chi connectivity index (χ1n) is 5.76. The average molecular weight is 274 g/mol. The molecule has 3 N–H and O–H groups in total. The highest BCUT2D eigenvalue weighted by molar-refractivity contribution is 6.31. The number of hydrogen-bond donors (Lipinski definition) is 2. The number of halogens is 1. The number of aromatic nitrogens is 2. The monoisotopic (exact) mass is 273 g/mol. The van der Waals surface area contributed by atoms with Crippen molar-refractivity contribution >= 4 is 28.3 Å². The molecule has 96 valence electrons. The summed E-state index contributed by atoms with van der Waals surface area (Å²) in [5.74, 6) is 1.56. The van der Waals surface area contributed by atoms with Gasteiger partial charge in [-0.25, -0.2) is 4.98 Å². The number of benzene rings is 2. The number of nitrogens with one attached hydrogen (secondary N) is 1. The second-order valence-corrected chi connectivity index (χ2v) is 4.64. The second kappa shape index (κ2) is 4.48. The van der Waals surface area contributed by atoms with Gasteiger partial charge in [-0.3, -0.25) is 0 Å². The van der Waals surface area contributed by atoms with Crippen LogP contribution in [0.1, 0.15) is 0 Å². The average Bonchev–Trinajstić information content (AvgIpc) is 2.83. The van der Waals surface area contributed by atoms with Gasteiger partial charge in [0.1, 0.15) is 17.1 Å². The van der Waals surface area contributed by atoms with Crippen molar-refractivity contribution in [3.8, 4) is 17.1 Å². The molecular weight excluding hydrogens is 262 g/mol. The van der Waals surface area contributed by atoms with Gasteiger partial charge in [-0.2, -0.15) is 0 Å². The van der Waals surface area contributed by atoms with Crippen LogP contribution in [0.3, 0.4) is 0 Å². The van der Waals surface area contributed by atoms with E-state index in [1.807, 2.05) is 30.3 Å². The molecule has 0 spiro atoms. The highest BCUT2D eigenvalue weighted by Gasteiger charge is 2.08. The van der Waals surface area contributed by atoms with E-state index in [1.54, 1.807) is 13.2 Å². The Labute approximate surface area is 115 Å². The summed E-state index contributed by atoms with van der Waals surface area (Å²) < 4.78 is 5.13. The van der Waals surface area contributed by atoms with E-state index in [0.717, 1.165) is 28.2 Å². The quantitative estimate of drug-likeness (QED) is 0.703. The Morgan fingerprint density at radius 2 is 1.95 bits per heavy atom. The maximum atomic E-state index is 5.97. The number of fused-ring (bicyclic) bond motifs is 1. The molecule has 0 saturated heterocycles. The fraction of sp³-hybridized carbons (Fsp3) is 0.0714. The summed E-state index contributed by atoms with van der Waals surface area (Å²) in [6.07, 6.45) is 0. The number of H-pyrrole nitrogens is 1. The van der Waals surface area contributed by atoms with Gasteiger partial charge in [-0.15, -0.1) is 0 Å². The van der Waals surface area contributed by atoms with Crippen molar-refractivity contribution in [2.75, 3.05) is 12.8 Å². The zero-order valence-corrected chi connectivity index (χ0v) is 11.0. The third-order valence-corrected chi connectivity index (χ3v) is 3.16. The summed E-state index contributed by atoms with van der Waals surface area (Å²) in [6.45, 7) is 0. The molecule has 0 atom stereocenters. The van der Waals surface area contributed by atoms with Crippen molar-refractivity contribution in [1.29, 1.82) is 0 Å². The third kappa shape index (κ3) is 2.11. The lowest BCUT2D eigenvalue weighted by Crippen LogP contribution is -1.86. The summed E-state index contributed by atoms with van der Waals surface area (Å²) in [7, 11) is 1.64. The molecule has 1 heterocycles. The Kier molecular flexibility index (Phi) is 2.80. The van der Waals surface area contributed by atoms with Crippen LogP contribution in [0.2, 0.25) is 5.02 Å². The van der Waals surface area contributed by atoms with Gasteiger partial charge in [0.05, 0.1) is 18.3 Å². The molecule has 0 aliphatic rings. The Bertz CT molecular complexity index is 734. The molecule has 0 fully saturated rings. The summed E-state index contributed by atoms with van der Waals surface area (Å²) in [5, 5.41) is 0.593. The van der Waals surface area contributed by atoms with Crippen LogP contribution in [0.5, 0.6) is 5.75 Å². The topological polar surface area (TPSA) is 63.9 Å². The van der Waals surface area contributed by atoms with Crippen LogP contribution >= 0.6 is 11.6 Å². The zero-order valence-electron chi connectivity index (χ0n) is 10.3. The predicted octanol–water partition coefficient (Wildman–Crippen LogP) is 3.47. The number of aromatic amines is 1. The van der Waals surface area contributed by atoms with Gasteiger partial charge in [-0.05, 0) is 36.4 Å². The Balaban J connectivity index is 2.12. The number of nitrogens with two attached hydrogens (primary N) is 1. The zero-order chi connectivity index (χ0) is 13.4. The van der Waals surface area contributed by atoms with Crippen molar-refractivity contribution in [2.45, 2.75) is 0 Å². The first-order valence-corrected chi connectivity index (χ1v) is 6.14. The largest absolute Gasteiger partial charge is 0.497 e. The maximum Gasteiger partial charge on any atom is 0.138 e. The number of rotatable bonds is 2. The minimum absolute atomic E-state index is 0.568. The van der Waals surface area contributed by atoms with Crippen LogP contribution in [0.4, 0.5) is 5.69 Å². The summed E-state index contributed by atoms with van der Waals surface area (Å²) in [5.41, 5.74) is 9.00. The molecule has 19 heavy (non-hydrogen) atoms. The Morgan fingerprint density at radius 1 is 1.21 bits per heavy atom. The van der Waals surface area contributed by atoms with Crippen molar-refractivity contribution in [3.05, 3.63) is 41.4 Å². The number of hydrogen-bond acceptors (Lipinski definition) is 3. The predicted molar refractivity (Wildman–Crippen MR) is 77.5 cm³/mol. The van der Waals surface area contributed by atoms with Crippen molar-refractivity contribution in [1.82, 2.24) is 9.97 Å². The van der Waals surface area contributed by atoms with E-state index in [0.29, 0.717) is 10.7 Å². The van der Waals surface area contributed by atoms with Crippen LogP contribution in [0, 0.1) is 0 Å². The van der Waals surface area contributed by atoms with Gasteiger partial charge in [0.2, 0.25) is 0 Å². The number of anilines is 1. The van der Waals surface area contributed by atoms with Gasteiger partial charge in [0.15, 0.2) is 0 Å². The number of methoxy groups -OCH3 is 1. The minimum Gasteiger partial charge on any atom is -0.497 e. The van der Waals surface area contributed by atoms with E-state index in [4.69, 9.17) is 22.1 Å². The van der Waals surface area contributed by atoms with E-state index in [9.17, 15) is 0 Å². The fourth-order valence-corrected chi connectivity index (χ4v) is 2.22. The molecule has 3 rings (SSSR count). The standard InChI is InChI=1S/C14H12ClN3O/c1-19-10-4-2-8(3-5-10)14-17-12-7-9(15)6-11(16)13(12)18-14/h2-7H,16H2,1H3,(H,17,18). The molecule has 5 heteroatoms. The maximum absolute atomic E-state index is 5.97. The molecule has 0 bridgehead atoms. The normalized spacial score (nSPS) is 10.8. The molecule has 0 saturated carbocycles. The van der Waals surface area contributed by atoms with Gasteiger partial charge in [0.25, 0.3) is 0 Å². The molecule has 0 amide bonds. The molecular formula is C14H12ClN3O. The lowest BCUT2D eigenvalue weighted by atomic mass is 10.2. The van der Waals surface area contributed by atoms with E-state index in [1.165, 1.54) is 0 Å². The molecule has 1 aromatic heterocycles. The third-order valence-electron chi connectivity index (χ3n) is 2.94. The van der Waals surface area contributed by atoms with Crippen LogP contribution in [0.25, 0.3) is 22.4 Å². The molecule has 3 aromatic rings. The first kappa shape index (κ1) is 11.9. The van der Waals surface area contributed by atoms with Crippen LogP contribution in [-0.4, -0.2) is 17.1 Å². The highest BCUT2D eigenvalue weighted by Crippen LogP contribution is 2.28. The summed E-state index contributed by atoms with van der Waals surface area (Å²) in [4.78, 5) is 7.71. The fourth-order valence-electron chi connectivity index (χ4n) is 1.99. The Hall–Kier alpha value is -2.20. The van der Waals surface area contributed by atoms with Gasteiger partial charge in [-0.1, -0.05) is 11.6 Å². The number of imidazole rings is 1. The lowest BCUT2D eigenvalue weighted by Gasteiger charge is -2.00. The van der Waals surface area contributed by atoms with Gasteiger partial charge < -0.3 is 15.5 Å². The number of nitrogens with zero attached hydrogens (tertiary/aromatic N) is 1. The molecule has 0 unspecified atom stereocenters. The highest BCUT2D eigenvalue weighted by atomic mass is 35.5. The smallest absolute Gasteiger partial charge is 0.138 e. The second-order valence-electron chi connectivity index (χ2n) is 4.21. The summed E-state index contributed by atoms with van der Waals surface area (Å²) >= 11 is 5.97. The van der Waals surface area contributed by atoms with E-state index >= 15 is 0 Å². The van der Waals surface area contributed by atoms with Gasteiger partial charge >= 0.3 is 0 Å². The van der Waals surface area contributed by atoms with Crippen LogP contribution in [-0.2, 0) is 0 Å². The lowest BCUT2D eigenvalue weighted by molar-refractivity contribution is 0.415. The van der Waals surface area contributed by atoms with E-state index < -0.39 is 0 Å². The van der Waals surface area contributed by atoms with Gasteiger partial charge in [0, 0.05) is 10.6 Å². The van der Waals surface area contributed by atoms with E-state index in [2.05, 4.69) is 9.97 Å². The molecule has 0 aliphatic carbocycles. The first-order chi connectivity index (χ1) is 9.17. The number of ether oxygens (including phenoxy) is 1. The Morgan fingerprint density at radius 3 is 2.63 bits per heavy atom. The van der Waals surface area contributed by atoms with E-state index in [-0.39, 0.29) is 0 Å². The van der Waals surface area contributed by atoms with Crippen LogP contribution in [0.15, 0.2) is 36.4 Å². The SMILES string of the molecule is COc1ccc(-c2nc3c(N)cc(Cl)cc3[nH]2)cc1. The van der Waals surface area contributed by atoms with Crippen LogP contribution < -0.4 is 10.5 Å². The minimum atomic E-state index is 0.568. The van der Waals surface area contributed by atoms with Crippen molar-refractivity contribution in [3.63, 3.8) is 0 Å². The molecule has 0 aliphatic heterocycles. The molecule has 0 radical (unpaired) electrons. The summed E-state index contributed by atoms with van der Waals surface area (Å²) in [6, 6.07) is 11.2. The van der Waals surface area contributed by atoms with Crippen molar-refractivity contribution in [2.24, 2.45) is 0 Å².